The maximum Gasteiger partial charge on any atom is 0.225 e. The van der Waals surface area contributed by atoms with Crippen LogP contribution in [0.4, 0.5) is 5.95 Å². The highest BCUT2D eigenvalue weighted by Crippen LogP contribution is 2.11. The smallest absolute Gasteiger partial charge is 0.225 e. The number of aromatic nitrogens is 4. The van der Waals surface area contributed by atoms with E-state index in [2.05, 4.69) is 20.3 Å². The summed E-state index contributed by atoms with van der Waals surface area (Å²) in [6.07, 6.45) is 4.81. The number of carboxylic acids is 1. The summed E-state index contributed by atoms with van der Waals surface area (Å²) in [6.45, 7) is 2.28. The molecule has 9 nitrogen and oxygen atoms in total. The number of fused-ring (bicyclic) bond motifs is 1. The standard InChI is InChI=1S/C13H18N6O3/c1-8(6-20)2-3-15-13-16-4-10-11(18-13)19(7-17-10)5-9(14)12(21)22/h2,4,7,9,20H,3,5-6,14H2,1H3,(H,21,22)(H,15,16,18)/p-1/b8-2+/t9-/m0/s1. The molecule has 2 rings (SSSR count). The van der Waals surface area contributed by atoms with E-state index in [0.29, 0.717) is 23.7 Å². The molecule has 118 valence electrons. The average Bonchev–Trinajstić information content (AvgIpc) is 2.89. The molecule has 2 aromatic heterocycles. The van der Waals surface area contributed by atoms with Gasteiger partial charge in [-0.05, 0) is 6.92 Å². The lowest BCUT2D eigenvalue weighted by Crippen LogP contribution is -2.44. The molecule has 4 N–H and O–H groups in total. The van der Waals surface area contributed by atoms with Gasteiger partial charge in [-0.25, -0.2) is 9.97 Å². The van der Waals surface area contributed by atoms with Gasteiger partial charge in [0.05, 0.1) is 31.1 Å². The molecule has 0 aliphatic heterocycles. The molecule has 0 unspecified atom stereocenters. The minimum atomic E-state index is -1.33. The number of aliphatic hydroxyl groups is 1. The van der Waals surface area contributed by atoms with Crippen molar-refractivity contribution in [1.29, 1.82) is 0 Å². The number of nitrogens with two attached hydrogens (primary N) is 1. The molecule has 0 aliphatic rings. The summed E-state index contributed by atoms with van der Waals surface area (Å²) in [7, 11) is 0. The number of hydrogen-bond donors (Lipinski definition) is 3. The molecule has 0 saturated carbocycles. The SMILES string of the molecule is C/C(=C\CNc1ncc2ncn(C[C@H](N)C(=O)[O-])c2n1)CO. The second-order valence-electron chi connectivity index (χ2n) is 4.81. The Labute approximate surface area is 126 Å². The fraction of sp³-hybridized carbons (Fsp3) is 0.385. The van der Waals surface area contributed by atoms with Gasteiger partial charge in [-0.1, -0.05) is 11.6 Å². The first-order valence-corrected chi connectivity index (χ1v) is 6.66. The van der Waals surface area contributed by atoms with Crippen molar-refractivity contribution in [3.05, 3.63) is 24.2 Å². The van der Waals surface area contributed by atoms with Gasteiger partial charge in [0.1, 0.15) is 5.52 Å². The van der Waals surface area contributed by atoms with Gasteiger partial charge < -0.3 is 30.6 Å². The zero-order valence-corrected chi connectivity index (χ0v) is 12.1. The number of nitrogens with zero attached hydrogens (tertiary/aromatic N) is 4. The highest BCUT2D eigenvalue weighted by molar-refractivity contribution is 5.73. The largest absolute Gasteiger partial charge is 0.548 e. The Morgan fingerprint density at radius 1 is 1.59 bits per heavy atom. The molecule has 1 atom stereocenters. The fourth-order valence-corrected chi connectivity index (χ4v) is 1.74. The molecule has 0 aliphatic carbocycles. The van der Waals surface area contributed by atoms with Gasteiger partial charge in [-0.15, -0.1) is 0 Å². The van der Waals surface area contributed by atoms with Crippen LogP contribution in [0, 0.1) is 0 Å². The van der Waals surface area contributed by atoms with Gasteiger partial charge in [0.25, 0.3) is 0 Å². The number of imidazole rings is 1. The van der Waals surface area contributed by atoms with E-state index < -0.39 is 12.0 Å². The van der Waals surface area contributed by atoms with Crippen LogP contribution in [-0.4, -0.2) is 49.8 Å². The summed E-state index contributed by atoms with van der Waals surface area (Å²) in [4.78, 5) is 23.2. The molecule has 0 saturated heterocycles. The van der Waals surface area contributed by atoms with Crippen molar-refractivity contribution in [3.63, 3.8) is 0 Å². The zero-order chi connectivity index (χ0) is 16.1. The van der Waals surface area contributed by atoms with E-state index in [-0.39, 0.29) is 13.2 Å². The molecule has 2 heterocycles. The summed E-state index contributed by atoms with van der Waals surface area (Å²) < 4.78 is 1.54. The monoisotopic (exact) mass is 305 g/mol. The first-order chi connectivity index (χ1) is 10.5. The minimum Gasteiger partial charge on any atom is -0.548 e. The molecule has 0 spiro atoms. The average molecular weight is 305 g/mol. The van der Waals surface area contributed by atoms with Crippen LogP contribution in [0.5, 0.6) is 0 Å². The predicted molar refractivity (Wildman–Crippen MR) is 77.6 cm³/mol. The molecule has 0 bridgehead atoms. The number of carbonyl (C=O) groups is 1. The van der Waals surface area contributed by atoms with Gasteiger partial charge in [0.15, 0.2) is 5.65 Å². The van der Waals surface area contributed by atoms with Gasteiger partial charge in [0.2, 0.25) is 5.95 Å². The first kappa shape index (κ1) is 15.9. The second kappa shape index (κ2) is 6.96. The predicted octanol–water partition coefficient (Wildman–Crippen LogP) is -1.75. The Balaban J connectivity index is 2.16. The summed E-state index contributed by atoms with van der Waals surface area (Å²) in [6, 6.07) is -1.14. The third kappa shape index (κ3) is 3.77. The molecular weight excluding hydrogens is 288 g/mol. The van der Waals surface area contributed by atoms with Crippen LogP contribution in [-0.2, 0) is 11.3 Å². The van der Waals surface area contributed by atoms with Crippen LogP contribution >= 0.6 is 0 Å². The fourth-order valence-electron chi connectivity index (χ4n) is 1.74. The first-order valence-electron chi connectivity index (χ1n) is 6.66. The van der Waals surface area contributed by atoms with Crippen molar-refractivity contribution in [3.8, 4) is 0 Å². The van der Waals surface area contributed by atoms with Crippen molar-refractivity contribution in [2.24, 2.45) is 5.73 Å². The molecule has 0 fully saturated rings. The van der Waals surface area contributed by atoms with Crippen LogP contribution in [0.25, 0.3) is 11.2 Å². The summed E-state index contributed by atoms with van der Waals surface area (Å²) in [5, 5.41) is 22.6. The Bertz CT molecular complexity index is 696. The van der Waals surface area contributed by atoms with Gasteiger partial charge in [-0.2, -0.15) is 4.98 Å². The third-order valence-electron chi connectivity index (χ3n) is 3.01. The van der Waals surface area contributed by atoms with E-state index in [1.165, 1.54) is 17.1 Å². The molecule has 9 heteroatoms. The van der Waals surface area contributed by atoms with Crippen LogP contribution in [0.3, 0.4) is 0 Å². The minimum absolute atomic E-state index is 0.00451. The van der Waals surface area contributed by atoms with Crippen molar-refractivity contribution >= 4 is 23.1 Å². The number of aliphatic hydroxyl groups excluding tert-OH is 1. The zero-order valence-electron chi connectivity index (χ0n) is 12.1. The van der Waals surface area contributed by atoms with E-state index in [4.69, 9.17) is 10.8 Å². The lowest BCUT2D eigenvalue weighted by Gasteiger charge is -2.13. The summed E-state index contributed by atoms with van der Waals surface area (Å²) in [5.74, 6) is -0.961. The Hall–Kier alpha value is -2.52. The van der Waals surface area contributed by atoms with Crippen molar-refractivity contribution in [1.82, 2.24) is 19.5 Å². The third-order valence-corrected chi connectivity index (χ3v) is 3.01. The van der Waals surface area contributed by atoms with E-state index >= 15 is 0 Å². The van der Waals surface area contributed by atoms with Crippen molar-refractivity contribution in [2.75, 3.05) is 18.5 Å². The molecule has 0 radical (unpaired) electrons. The lowest BCUT2D eigenvalue weighted by atomic mass is 10.3. The Morgan fingerprint density at radius 3 is 3.05 bits per heavy atom. The maximum absolute atomic E-state index is 10.7. The van der Waals surface area contributed by atoms with Gasteiger partial charge in [0, 0.05) is 13.1 Å². The van der Waals surface area contributed by atoms with Crippen LogP contribution in [0.15, 0.2) is 24.2 Å². The number of hydrogen-bond acceptors (Lipinski definition) is 8. The van der Waals surface area contributed by atoms with Crippen LogP contribution in [0.1, 0.15) is 6.92 Å². The van der Waals surface area contributed by atoms with E-state index in [1.807, 2.05) is 13.0 Å². The molecule has 2 aromatic rings. The number of rotatable bonds is 7. The summed E-state index contributed by atoms with van der Waals surface area (Å²) >= 11 is 0. The van der Waals surface area contributed by atoms with Gasteiger partial charge >= 0.3 is 0 Å². The highest BCUT2D eigenvalue weighted by atomic mass is 16.4. The van der Waals surface area contributed by atoms with Crippen molar-refractivity contribution < 1.29 is 15.0 Å². The molecule has 0 amide bonds. The normalized spacial score (nSPS) is 13.3. The highest BCUT2D eigenvalue weighted by Gasteiger charge is 2.10. The Morgan fingerprint density at radius 2 is 2.36 bits per heavy atom. The number of carboxylic acid groups (broad SMARTS) is 1. The van der Waals surface area contributed by atoms with Gasteiger partial charge in [-0.3, -0.25) is 0 Å². The molecule has 0 aromatic carbocycles. The Kier molecular flexibility index (Phi) is 5.02. The lowest BCUT2D eigenvalue weighted by molar-refractivity contribution is -0.307. The topological polar surface area (TPSA) is 142 Å². The maximum atomic E-state index is 10.7. The number of carbonyl (C=O) groups excluding carboxylic acids is 1. The van der Waals surface area contributed by atoms with Crippen LogP contribution < -0.4 is 16.2 Å². The quantitative estimate of drug-likeness (QED) is 0.511. The number of aliphatic carboxylic acids is 1. The molecular formula is C13H17N6O3-. The molecule has 22 heavy (non-hydrogen) atoms. The number of nitrogens with one attached hydrogen (secondary N) is 1. The van der Waals surface area contributed by atoms with Crippen molar-refractivity contribution in [2.45, 2.75) is 19.5 Å². The number of anilines is 1. The summed E-state index contributed by atoms with van der Waals surface area (Å²) in [5.41, 5.74) is 7.32. The second-order valence-corrected chi connectivity index (χ2v) is 4.81. The van der Waals surface area contributed by atoms with E-state index in [0.717, 1.165) is 5.57 Å². The van der Waals surface area contributed by atoms with Crippen LogP contribution in [0.2, 0.25) is 0 Å². The van der Waals surface area contributed by atoms with E-state index in [1.54, 1.807) is 0 Å². The van der Waals surface area contributed by atoms with E-state index in [9.17, 15) is 9.90 Å².